The highest BCUT2D eigenvalue weighted by molar-refractivity contribution is 5.47. The van der Waals surface area contributed by atoms with Gasteiger partial charge in [-0.05, 0) is 48.9 Å². The lowest BCUT2D eigenvalue weighted by Crippen LogP contribution is -2.13. The van der Waals surface area contributed by atoms with Gasteiger partial charge in [-0.1, -0.05) is 25.7 Å². The Balaban J connectivity index is 2.26. The van der Waals surface area contributed by atoms with Gasteiger partial charge in [0.1, 0.15) is 0 Å². The highest BCUT2D eigenvalue weighted by atomic mass is 16.5. The first kappa shape index (κ1) is 15.2. The smallest absolute Gasteiger partial charge is 0.161 e. The van der Waals surface area contributed by atoms with Gasteiger partial charge in [-0.3, -0.25) is 0 Å². The lowest BCUT2D eigenvalue weighted by atomic mass is 9.87. The first-order valence-corrected chi connectivity index (χ1v) is 7.58. The third kappa shape index (κ3) is 3.26. The highest BCUT2D eigenvalue weighted by Gasteiger charge is 2.24. The highest BCUT2D eigenvalue weighted by Crippen LogP contribution is 2.38. The second-order valence-electron chi connectivity index (χ2n) is 5.76. The van der Waals surface area contributed by atoms with Crippen molar-refractivity contribution in [1.82, 2.24) is 0 Å². The second-order valence-corrected chi connectivity index (χ2v) is 5.76. The molecule has 0 bridgehead atoms. The first-order valence-electron chi connectivity index (χ1n) is 7.58. The molecule has 0 heterocycles. The lowest BCUT2D eigenvalue weighted by Gasteiger charge is -2.24. The molecule has 0 aromatic heterocycles. The summed E-state index contributed by atoms with van der Waals surface area (Å²) in [7, 11) is 3.27. The molecule has 3 nitrogen and oxygen atoms in total. The largest absolute Gasteiger partial charge is 0.493 e. The number of aliphatic hydroxyl groups excluding tert-OH is 1. The van der Waals surface area contributed by atoms with E-state index in [1.807, 2.05) is 19.1 Å². The molecule has 1 aliphatic carbocycles. The first-order chi connectivity index (χ1) is 9.67. The van der Waals surface area contributed by atoms with Crippen molar-refractivity contribution in [3.05, 3.63) is 23.3 Å². The van der Waals surface area contributed by atoms with E-state index in [1.54, 1.807) is 14.2 Å². The zero-order valence-corrected chi connectivity index (χ0v) is 12.8. The Morgan fingerprint density at radius 3 is 2.10 bits per heavy atom. The van der Waals surface area contributed by atoms with Crippen molar-refractivity contribution < 1.29 is 14.6 Å². The number of benzene rings is 1. The maximum absolute atomic E-state index is 10.7. The Morgan fingerprint density at radius 1 is 1.00 bits per heavy atom. The summed E-state index contributed by atoms with van der Waals surface area (Å²) in [5.41, 5.74) is 2.05. The minimum absolute atomic E-state index is 0.370. The van der Waals surface area contributed by atoms with Gasteiger partial charge in [-0.25, -0.2) is 0 Å². The Labute approximate surface area is 121 Å². The zero-order chi connectivity index (χ0) is 14.5. The van der Waals surface area contributed by atoms with Crippen LogP contribution in [0.4, 0.5) is 0 Å². The number of rotatable bonds is 4. The molecule has 20 heavy (non-hydrogen) atoms. The van der Waals surface area contributed by atoms with Crippen LogP contribution in [-0.4, -0.2) is 19.3 Å². The molecule has 1 saturated carbocycles. The molecule has 1 N–H and O–H groups in total. The van der Waals surface area contributed by atoms with Gasteiger partial charge in [0.2, 0.25) is 0 Å². The molecular weight excluding hydrogens is 252 g/mol. The van der Waals surface area contributed by atoms with Crippen molar-refractivity contribution in [3.8, 4) is 11.5 Å². The van der Waals surface area contributed by atoms with Gasteiger partial charge in [0.15, 0.2) is 11.5 Å². The fourth-order valence-electron chi connectivity index (χ4n) is 3.20. The maximum Gasteiger partial charge on any atom is 0.161 e. The Morgan fingerprint density at radius 2 is 1.55 bits per heavy atom. The number of hydrogen-bond donors (Lipinski definition) is 1. The molecule has 0 radical (unpaired) electrons. The van der Waals surface area contributed by atoms with Crippen LogP contribution in [-0.2, 0) is 0 Å². The average molecular weight is 278 g/mol. The number of ether oxygens (including phenoxy) is 2. The monoisotopic (exact) mass is 278 g/mol. The van der Waals surface area contributed by atoms with E-state index < -0.39 is 6.10 Å². The summed E-state index contributed by atoms with van der Waals surface area (Å²) in [4.78, 5) is 0. The predicted molar refractivity (Wildman–Crippen MR) is 80.4 cm³/mol. The van der Waals surface area contributed by atoms with Gasteiger partial charge < -0.3 is 14.6 Å². The summed E-state index contributed by atoms with van der Waals surface area (Å²) in [6, 6.07) is 3.89. The summed E-state index contributed by atoms with van der Waals surface area (Å²) in [5.74, 6) is 1.79. The predicted octanol–water partition coefficient (Wildman–Crippen LogP) is 4.02. The van der Waals surface area contributed by atoms with E-state index in [-0.39, 0.29) is 0 Å². The minimum Gasteiger partial charge on any atom is -0.493 e. The molecular formula is C17H26O3. The number of aryl methyl sites for hydroxylation is 1. The van der Waals surface area contributed by atoms with E-state index in [0.717, 1.165) is 29.7 Å². The molecule has 0 spiro atoms. The molecule has 1 aromatic rings. The Hall–Kier alpha value is -1.22. The molecule has 112 valence electrons. The zero-order valence-electron chi connectivity index (χ0n) is 12.8. The topological polar surface area (TPSA) is 38.7 Å². The van der Waals surface area contributed by atoms with Crippen molar-refractivity contribution >= 4 is 0 Å². The van der Waals surface area contributed by atoms with Gasteiger partial charge in [0.25, 0.3) is 0 Å². The van der Waals surface area contributed by atoms with Crippen LogP contribution in [0.3, 0.4) is 0 Å². The van der Waals surface area contributed by atoms with Crippen LogP contribution in [0.5, 0.6) is 11.5 Å². The van der Waals surface area contributed by atoms with Gasteiger partial charge in [-0.2, -0.15) is 0 Å². The van der Waals surface area contributed by atoms with Crippen LogP contribution in [0.25, 0.3) is 0 Å². The maximum atomic E-state index is 10.7. The summed E-state index contributed by atoms with van der Waals surface area (Å²) in [6.07, 6.45) is 6.90. The molecule has 1 fully saturated rings. The molecule has 1 aliphatic rings. The standard InChI is InChI=1S/C17H26O3/c1-12-10-15(19-2)16(20-3)11-14(12)17(18)13-8-6-4-5-7-9-13/h10-11,13,17-18H,4-9H2,1-3H3. The van der Waals surface area contributed by atoms with Crippen molar-refractivity contribution in [3.63, 3.8) is 0 Å². The second kappa shape index (κ2) is 6.98. The van der Waals surface area contributed by atoms with Gasteiger partial charge in [0, 0.05) is 0 Å². The van der Waals surface area contributed by atoms with Gasteiger partial charge in [0.05, 0.1) is 20.3 Å². The van der Waals surface area contributed by atoms with Crippen LogP contribution in [0.2, 0.25) is 0 Å². The molecule has 0 amide bonds. The molecule has 1 aromatic carbocycles. The van der Waals surface area contributed by atoms with Crippen molar-refractivity contribution in [2.75, 3.05) is 14.2 Å². The van der Waals surface area contributed by atoms with Gasteiger partial charge in [-0.15, -0.1) is 0 Å². The molecule has 3 heteroatoms. The summed E-state index contributed by atoms with van der Waals surface area (Å²) in [5, 5.41) is 10.7. The van der Waals surface area contributed by atoms with Crippen molar-refractivity contribution in [1.29, 1.82) is 0 Å². The Kier molecular flexibility index (Phi) is 5.30. The van der Waals surface area contributed by atoms with Crippen LogP contribution in [0.1, 0.15) is 55.8 Å². The van der Waals surface area contributed by atoms with Crippen LogP contribution in [0, 0.1) is 12.8 Å². The summed E-state index contributed by atoms with van der Waals surface area (Å²) in [6.45, 7) is 2.03. The van der Waals surface area contributed by atoms with Crippen molar-refractivity contribution in [2.24, 2.45) is 5.92 Å². The number of hydrogen-bond acceptors (Lipinski definition) is 3. The van der Waals surface area contributed by atoms with Crippen molar-refractivity contribution in [2.45, 2.75) is 51.6 Å². The third-order valence-corrected chi connectivity index (χ3v) is 4.44. The van der Waals surface area contributed by atoms with E-state index in [2.05, 4.69) is 0 Å². The van der Waals surface area contributed by atoms with Gasteiger partial charge >= 0.3 is 0 Å². The third-order valence-electron chi connectivity index (χ3n) is 4.44. The SMILES string of the molecule is COc1cc(C)c(C(O)C2CCCCCC2)cc1OC. The van der Waals surface area contributed by atoms with E-state index in [9.17, 15) is 5.11 Å². The fraction of sp³-hybridized carbons (Fsp3) is 0.647. The van der Waals surface area contributed by atoms with E-state index in [0.29, 0.717) is 11.7 Å². The fourth-order valence-corrected chi connectivity index (χ4v) is 3.20. The average Bonchev–Trinajstić information content (AvgIpc) is 2.75. The number of methoxy groups -OCH3 is 2. The van der Waals surface area contributed by atoms with Crippen LogP contribution in [0.15, 0.2) is 12.1 Å². The molecule has 2 rings (SSSR count). The summed E-state index contributed by atoms with van der Waals surface area (Å²) >= 11 is 0. The minimum atomic E-state index is -0.395. The van der Waals surface area contributed by atoms with Crippen LogP contribution < -0.4 is 9.47 Å². The summed E-state index contributed by atoms with van der Waals surface area (Å²) < 4.78 is 10.7. The molecule has 1 unspecified atom stereocenters. The molecule has 0 saturated heterocycles. The van der Waals surface area contributed by atoms with E-state index in [1.165, 1.54) is 25.7 Å². The normalized spacial score (nSPS) is 18.4. The number of aliphatic hydroxyl groups is 1. The van der Waals surface area contributed by atoms with Crippen LogP contribution >= 0.6 is 0 Å². The van der Waals surface area contributed by atoms with E-state index >= 15 is 0 Å². The van der Waals surface area contributed by atoms with E-state index in [4.69, 9.17) is 9.47 Å². The Bertz CT molecular complexity index is 434. The molecule has 0 aliphatic heterocycles. The quantitative estimate of drug-likeness (QED) is 0.846. The molecule has 1 atom stereocenters. The lowest BCUT2D eigenvalue weighted by molar-refractivity contribution is 0.0979.